The molecule has 1 spiro atoms. The predicted octanol–water partition coefficient (Wildman–Crippen LogP) is 4.82. The highest BCUT2D eigenvalue weighted by molar-refractivity contribution is 5.86. The molecule has 0 aliphatic heterocycles. The van der Waals surface area contributed by atoms with Gasteiger partial charge in [-0.1, -0.05) is 43.5 Å². The summed E-state index contributed by atoms with van der Waals surface area (Å²) in [5.41, 5.74) is 1.34. The third kappa shape index (κ3) is 2.76. The van der Waals surface area contributed by atoms with Gasteiger partial charge in [0, 0.05) is 6.42 Å². The van der Waals surface area contributed by atoms with Crippen molar-refractivity contribution in [2.45, 2.75) is 51.9 Å². The van der Waals surface area contributed by atoms with Gasteiger partial charge in [-0.05, 0) is 43.7 Å². The Morgan fingerprint density at radius 1 is 1.14 bits per heavy atom. The van der Waals surface area contributed by atoms with Crippen LogP contribution in [0.2, 0.25) is 0 Å². The second kappa shape index (κ2) is 5.67. The van der Waals surface area contributed by atoms with Gasteiger partial charge < -0.3 is 4.74 Å². The van der Waals surface area contributed by atoms with Crippen LogP contribution in [0.25, 0.3) is 0 Å². The van der Waals surface area contributed by atoms with Crippen LogP contribution in [0.5, 0.6) is 5.75 Å². The topological polar surface area (TPSA) is 26.3 Å². The number of allylic oxidation sites excluding steroid dienone is 1. The maximum atomic E-state index is 12.4. The van der Waals surface area contributed by atoms with Crippen molar-refractivity contribution in [1.29, 1.82) is 0 Å². The molecule has 0 saturated heterocycles. The first-order valence-corrected chi connectivity index (χ1v) is 8.07. The molecule has 0 bridgehead atoms. The van der Waals surface area contributed by atoms with E-state index in [2.05, 4.69) is 13.5 Å². The lowest BCUT2D eigenvalue weighted by Crippen LogP contribution is -2.33. The van der Waals surface area contributed by atoms with Crippen molar-refractivity contribution in [3.8, 4) is 5.75 Å². The first-order valence-electron chi connectivity index (χ1n) is 8.07. The molecule has 2 heteroatoms. The van der Waals surface area contributed by atoms with Gasteiger partial charge in [0.15, 0.2) is 0 Å². The summed E-state index contributed by atoms with van der Waals surface area (Å²) >= 11 is 0. The van der Waals surface area contributed by atoms with Crippen molar-refractivity contribution >= 4 is 5.78 Å². The molecule has 2 aliphatic rings. The van der Waals surface area contributed by atoms with Crippen molar-refractivity contribution in [2.75, 3.05) is 0 Å². The van der Waals surface area contributed by atoms with E-state index in [1.54, 1.807) is 0 Å². The second-order valence-electron chi connectivity index (χ2n) is 6.70. The van der Waals surface area contributed by atoms with Gasteiger partial charge in [0.2, 0.25) is 0 Å². The number of ether oxygens (including phenoxy) is 1. The zero-order chi connectivity index (χ0) is 14.9. The molecule has 2 saturated carbocycles. The Kier molecular flexibility index (Phi) is 3.88. The largest absolute Gasteiger partial charge is 0.462 e. The van der Waals surface area contributed by atoms with Crippen molar-refractivity contribution in [1.82, 2.24) is 0 Å². The third-order valence-electron chi connectivity index (χ3n) is 5.24. The number of aryl methyl sites for hydroxylation is 1. The molecule has 2 nitrogen and oxygen atoms in total. The molecule has 3 rings (SSSR count). The summed E-state index contributed by atoms with van der Waals surface area (Å²) in [7, 11) is 0. The number of benzene rings is 1. The van der Waals surface area contributed by atoms with Crippen molar-refractivity contribution in [2.24, 2.45) is 11.3 Å². The number of rotatable bonds is 3. The van der Waals surface area contributed by atoms with Gasteiger partial charge in [-0.3, -0.25) is 4.79 Å². The number of hydrogen-bond donors (Lipinski definition) is 0. The summed E-state index contributed by atoms with van der Waals surface area (Å²) in [5.74, 6) is 1.67. The lowest BCUT2D eigenvalue weighted by molar-refractivity contribution is -0.122. The number of ketones is 1. The van der Waals surface area contributed by atoms with Gasteiger partial charge in [-0.25, -0.2) is 0 Å². The van der Waals surface area contributed by atoms with Crippen molar-refractivity contribution < 1.29 is 9.53 Å². The first kappa shape index (κ1) is 14.4. The quantitative estimate of drug-likeness (QED) is 0.744. The van der Waals surface area contributed by atoms with E-state index in [1.165, 1.54) is 24.8 Å². The van der Waals surface area contributed by atoms with Crippen LogP contribution in [-0.4, -0.2) is 5.78 Å². The van der Waals surface area contributed by atoms with Gasteiger partial charge in [0.25, 0.3) is 0 Å². The van der Waals surface area contributed by atoms with E-state index in [9.17, 15) is 4.79 Å². The lowest BCUT2D eigenvalue weighted by atomic mass is 9.67. The lowest BCUT2D eigenvalue weighted by Gasteiger charge is -2.38. The highest BCUT2D eigenvalue weighted by Gasteiger charge is 2.50. The van der Waals surface area contributed by atoms with Gasteiger partial charge >= 0.3 is 0 Å². The maximum absolute atomic E-state index is 12.4. The number of Topliss-reactive ketones (excluding diaryl/α,β-unsaturated/α-hetero) is 1. The minimum Gasteiger partial charge on any atom is -0.462 e. The summed E-state index contributed by atoms with van der Waals surface area (Å²) in [6, 6.07) is 7.95. The van der Waals surface area contributed by atoms with Crippen LogP contribution >= 0.6 is 0 Å². The van der Waals surface area contributed by atoms with E-state index in [1.807, 2.05) is 24.3 Å². The van der Waals surface area contributed by atoms with E-state index in [0.717, 1.165) is 25.0 Å². The van der Waals surface area contributed by atoms with Crippen LogP contribution in [0.1, 0.15) is 50.5 Å². The summed E-state index contributed by atoms with van der Waals surface area (Å²) in [5, 5.41) is 0. The minimum atomic E-state index is -0.0981. The van der Waals surface area contributed by atoms with Gasteiger partial charge in [0.05, 0.1) is 5.92 Å². The summed E-state index contributed by atoms with van der Waals surface area (Å²) in [6.07, 6.45) is 7.80. The number of carbonyl (C=O) groups is 1. The highest BCUT2D eigenvalue weighted by atomic mass is 16.5. The van der Waals surface area contributed by atoms with Crippen molar-refractivity contribution in [3.63, 3.8) is 0 Å². The van der Waals surface area contributed by atoms with Crippen LogP contribution in [0, 0.1) is 18.3 Å². The average molecular weight is 284 g/mol. The Hall–Kier alpha value is -1.57. The van der Waals surface area contributed by atoms with E-state index in [-0.39, 0.29) is 11.3 Å². The fourth-order valence-corrected chi connectivity index (χ4v) is 4.13. The molecule has 21 heavy (non-hydrogen) atoms. The Bertz CT molecular complexity index is 535. The third-order valence-corrected chi connectivity index (χ3v) is 5.24. The summed E-state index contributed by atoms with van der Waals surface area (Å²) in [6.45, 7) is 6.16. The van der Waals surface area contributed by atoms with Gasteiger partial charge in [-0.15, -0.1) is 0 Å². The molecule has 1 aromatic rings. The number of hydrogen-bond acceptors (Lipinski definition) is 2. The number of carbonyl (C=O) groups excluding carboxylic acids is 1. The minimum absolute atomic E-state index is 0.0981. The van der Waals surface area contributed by atoms with E-state index >= 15 is 0 Å². The van der Waals surface area contributed by atoms with Crippen LogP contribution in [0.3, 0.4) is 0 Å². The Labute approximate surface area is 127 Å². The molecule has 0 heterocycles. The molecule has 0 aromatic heterocycles. The van der Waals surface area contributed by atoms with Crippen LogP contribution in [0.15, 0.2) is 36.6 Å². The highest BCUT2D eigenvalue weighted by Crippen LogP contribution is 2.53. The molecule has 2 fully saturated rings. The molecule has 2 aliphatic carbocycles. The predicted molar refractivity (Wildman–Crippen MR) is 84.2 cm³/mol. The monoisotopic (exact) mass is 284 g/mol. The standard InChI is InChI=1S/C19H24O2/c1-14-6-8-16(9-7-14)21-15(2)18-17(20)10-13-19(18)11-4-3-5-12-19/h6-9,18H,2-5,10-13H2,1H3/t18-/m1/s1. The van der Waals surface area contributed by atoms with Gasteiger partial charge in [0.1, 0.15) is 17.3 Å². The summed E-state index contributed by atoms with van der Waals surface area (Å²) < 4.78 is 5.94. The van der Waals surface area contributed by atoms with Gasteiger partial charge in [-0.2, -0.15) is 0 Å². The Balaban J connectivity index is 1.78. The molecular formula is C19H24O2. The van der Waals surface area contributed by atoms with E-state index < -0.39 is 0 Å². The fourth-order valence-electron chi connectivity index (χ4n) is 4.13. The molecule has 0 unspecified atom stereocenters. The SMILES string of the molecule is C=C(Oc1ccc(C)cc1)[C@@H]1C(=O)CCC12CCCCC2. The van der Waals surface area contributed by atoms with Crippen LogP contribution in [0.4, 0.5) is 0 Å². The first-order chi connectivity index (χ1) is 10.1. The van der Waals surface area contributed by atoms with Crippen LogP contribution < -0.4 is 4.74 Å². The van der Waals surface area contributed by atoms with Crippen LogP contribution in [-0.2, 0) is 4.79 Å². The molecule has 1 aromatic carbocycles. The Morgan fingerprint density at radius 2 is 1.81 bits per heavy atom. The second-order valence-corrected chi connectivity index (χ2v) is 6.70. The molecule has 112 valence electrons. The molecule has 0 N–H and O–H groups in total. The normalized spacial score (nSPS) is 24.2. The van der Waals surface area contributed by atoms with E-state index in [0.29, 0.717) is 18.0 Å². The maximum Gasteiger partial charge on any atom is 0.144 e. The molecule has 0 amide bonds. The molecule has 0 radical (unpaired) electrons. The van der Waals surface area contributed by atoms with E-state index in [4.69, 9.17) is 4.74 Å². The smallest absolute Gasteiger partial charge is 0.144 e. The average Bonchev–Trinajstić information content (AvgIpc) is 2.79. The fraction of sp³-hybridized carbons (Fsp3) is 0.526. The zero-order valence-electron chi connectivity index (χ0n) is 12.9. The summed E-state index contributed by atoms with van der Waals surface area (Å²) in [4.78, 5) is 12.4. The van der Waals surface area contributed by atoms with Crippen molar-refractivity contribution in [3.05, 3.63) is 42.2 Å². The molecular weight excluding hydrogens is 260 g/mol. The zero-order valence-corrected chi connectivity index (χ0v) is 12.9. The Morgan fingerprint density at radius 3 is 2.48 bits per heavy atom. The molecule has 1 atom stereocenters.